The first-order valence-electron chi connectivity index (χ1n) is 5.64. The second kappa shape index (κ2) is 6.93. The minimum absolute atomic E-state index is 0.106. The number of hydrogen-bond donors (Lipinski definition) is 2. The zero-order valence-corrected chi connectivity index (χ0v) is 11.6. The third kappa shape index (κ3) is 5.99. The number of carboxylic acid groups (broad SMARTS) is 1. The summed E-state index contributed by atoms with van der Waals surface area (Å²) in [6.07, 6.45) is 0.974. The first kappa shape index (κ1) is 16.3. The van der Waals surface area contributed by atoms with Gasteiger partial charge in [-0.3, -0.25) is 4.79 Å². The molecule has 0 aliphatic heterocycles. The first-order valence-corrected chi connectivity index (χ1v) is 7.08. The zero-order valence-electron chi connectivity index (χ0n) is 10.8. The molecule has 0 spiro atoms. The molecule has 0 bridgehead atoms. The molecule has 7 heteroatoms. The molecule has 0 heterocycles. The van der Waals surface area contributed by atoms with Crippen molar-refractivity contribution in [1.82, 2.24) is 9.03 Å². The highest BCUT2D eigenvalue weighted by atomic mass is 32.2. The van der Waals surface area contributed by atoms with Gasteiger partial charge in [0.05, 0.1) is 5.92 Å². The van der Waals surface area contributed by atoms with E-state index in [0.717, 1.165) is 0 Å². The molecule has 0 radical (unpaired) electrons. The van der Waals surface area contributed by atoms with Gasteiger partial charge in [0.2, 0.25) is 0 Å². The average molecular weight is 266 g/mol. The van der Waals surface area contributed by atoms with Crippen molar-refractivity contribution in [2.75, 3.05) is 13.6 Å². The molecule has 2 N–H and O–H groups in total. The third-order valence-electron chi connectivity index (χ3n) is 2.63. The van der Waals surface area contributed by atoms with Crippen LogP contribution in [0.25, 0.3) is 0 Å². The molecule has 0 aromatic heterocycles. The fraction of sp³-hybridized carbons (Fsp3) is 0.900. The standard InChI is InChI=1S/C10H22N2O4S/c1-8(2)12(4)17(15,16)11-7-5-6-9(3)10(13)14/h8-9,11H,5-7H2,1-4H3,(H,13,14). The quantitative estimate of drug-likeness (QED) is 0.632. The summed E-state index contributed by atoms with van der Waals surface area (Å²) in [6.45, 7) is 5.44. The van der Waals surface area contributed by atoms with Crippen LogP contribution in [0.4, 0.5) is 0 Å². The Labute approximate surface area is 103 Å². The van der Waals surface area contributed by atoms with Crippen molar-refractivity contribution < 1.29 is 18.3 Å². The zero-order chi connectivity index (χ0) is 13.6. The van der Waals surface area contributed by atoms with Crippen molar-refractivity contribution in [2.45, 2.75) is 39.7 Å². The second-order valence-corrected chi connectivity index (χ2v) is 6.21. The minimum Gasteiger partial charge on any atom is -0.481 e. The highest BCUT2D eigenvalue weighted by molar-refractivity contribution is 7.87. The molecule has 1 unspecified atom stereocenters. The van der Waals surface area contributed by atoms with E-state index >= 15 is 0 Å². The van der Waals surface area contributed by atoms with Gasteiger partial charge in [0.1, 0.15) is 0 Å². The van der Waals surface area contributed by atoms with E-state index in [1.54, 1.807) is 20.8 Å². The van der Waals surface area contributed by atoms with Crippen molar-refractivity contribution in [3.8, 4) is 0 Å². The lowest BCUT2D eigenvalue weighted by molar-refractivity contribution is -0.141. The van der Waals surface area contributed by atoms with Crippen LogP contribution < -0.4 is 4.72 Å². The molecule has 17 heavy (non-hydrogen) atoms. The molecule has 0 aromatic carbocycles. The van der Waals surface area contributed by atoms with Gasteiger partial charge in [0.15, 0.2) is 0 Å². The smallest absolute Gasteiger partial charge is 0.306 e. The maximum Gasteiger partial charge on any atom is 0.306 e. The van der Waals surface area contributed by atoms with E-state index in [2.05, 4.69) is 4.72 Å². The van der Waals surface area contributed by atoms with Gasteiger partial charge in [0, 0.05) is 19.6 Å². The summed E-state index contributed by atoms with van der Waals surface area (Å²) < 4.78 is 27.0. The van der Waals surface area contributed by atoms with Crippen LogP contribution in [-0.2, 0) is 15.0 Å². The van der Waals surface area contributed by atoms with Crippen molar-refractivity contribution in [2.24, 2.45) is 5.92 Å². The highest BCUT2D eigenvalue weighted by Gasteiger charge is 2.19. The van der Waals surface area contributed by atoms with Crippen molar-refractivity contribution in [3.63, 3.8) is 0 Å². The van der Waals surface area contributed by atoms with Crippen LogP contribution in [-0.4, -0.2) is 43.4 Å². The van der Waals surface area contributed by atoms with Gasteiger partial charge in [-0.05, 0) is 26.7 Å². The number of carbonyl (C=O) groups is 1. The lowest BCUT2D eigenvalue weighted by Gasteiger charge is -2.21. The molecule has 102 valence electrons. The molecular weight excluding hydrogens is 244 g/mol. The lowest BCUT2D eigenvalue weighted by Crippen LogP contribution is -2.42. The minimum atomic E-state index is -3.44. The molecule has 0 aliphatic carbocycles. The van der Waals surface area contributed by atoms with Gasteiger partial charge in [-0.1, -0.05) is 6.92 Å². The number of carboxylic acids is 1. The molecule has 0 saturated carbocycles. The highest BCUT2D eigenvalue weighted by Crippen LogP contribution is 2.05. The predicted molar refractivity (Wildman–Crippen MR) is 65.9 cm³/mol. The van der Waals surface area contributed by atoms with Crippen LogP contribution in [0.2, 0.25) is 0 Å². The van der Waals surface area contributed by atoms with Gasteiger partial charge >= 0.3 is 5.97 Å². The number of rotatable bonds is 8. The van der Waals surface area contributed by atoms with E-state index in [-0.39, 0.29) is 12.6 Å². The van der Waals surface area contributed by atoms with E-state index in [9.17, 15) is 13.2 Å². The summed E-state index contributed by atoms with van der Waals surface area (Å²) in [6, 6.07) is -0.106. The largest absolute Gasteiger partial charge is 0.481 e. The molecule has 0 amide bonds. The van der Waals surface area contributed by atoms with Gasteiger partial charge in [-0.2, -0.15) is 12.7 Å². The first-order chi connectivity index (χ1) is 7.68. The van der Waals surface area contributed by atoms with E-state index in [0.29, 0.717) is 12.8 Å². The average Bonchev–Trinajstić information content (AvgIpc) is 2.22. The topological polar surface area (TPSA) is 86.7 Å². The van der Waals surface area contributed by atoms with Crippen molar-refractivity contribution in [1.29, 1.82) is 0 Å². The lowest BCUT2D eigenvalue weighted by atomic mass is 10.1. The normalized spacial score (nSPS) is 14.2. The van der Waals surface area contributed by atoms with Crippen LogP contribution in [0.5, 0.6) is 0 Å². The number of nitrogens with zero attached hydrogens (tertiary/aromatic N) is 1. The Hall–Kier alpha value is -0.660. The summed E-state index contributed by atoms with van der Waals surface area (Å²) in [5.41, 5.74) is 0. The Bertz CT molecular complexity index is 340. The number of aliphatic carboxylic acids is 1. The van der Waals surface area contributed by atoms with Crippen molar-refractivity contribution >= 4 is 16.2 Å². The molecule has 0 saturated heterocycles. The summed E-state index contributed by atoms with van der Waals surface area (Å²) in [5, 5.41) is 8.66. The Morgan fingerprint density at radius 3 is 2.29 bits per heavy atom. The van der Waals surface area contributed by atoms with Crippen LogP contribution in [0.1, 0.15) is 33.6 Å². The van der Waals surface area contributed by atoms with E-state index in [1.807, 2.05) is 0 Å². The third-order valence-corrected chi connectivity index (χ3v) is 4.38. The Morgan fingerprint density at radius 1 is 1.35 bits per heavy atom. The number of nitrogens with one attached hydrogen (secondary N) is 1. The molecule has 1 atom stereocenters. The molecule has 0 aromatic rings. The maximum absolute atomic E-state index is 11.6. The van der Waals surface area contributed by atoms with Gasteiger partial charge in [0.25, 0.3) is 10.2 Å². The summed E-state index contributed by atoms with van der Waals surface area (Å²) in [4.78, 5) is 10.5. The van der Waals surface area contributed by atoms with E-state index in [1.165, 1.54) is 11.4 Å². The van der Waals surface area contributed by atoms with Crippen LogP contribution in [0, 0.1) is 5.92 Å². The summed E-state index contributed by atoms with van der Waals surface area (Å²) >= 11 is 0. The molecule has 6 nitrogen and oxygen atoms in total. The SMILES string of the molecule is CC(CCCNS(=O)(=O)N(C)C(C)C)C(=O)O. The maximum atomic E-state index is 11.6. The van der Waals surface area contributed by atoms with E-state index in [4.69, 9.17) is 5.11 Å². The van der Waals surface area contributed by atoms with E-state index < -0.39 is 22.1 Å². The molecule has 0 fully saturated rings. The molecule has 0 rings (SSSR count). The van der Waals surface area contributed by atoms with Crippen LogP contribution in [0.15, 0.2) is 0 Å². The number of hydrogen-bond acceptors (Lipinski definition) is 3. The van der Waals surface area contributed by atoms with Gasteiger partial charge < -0.3 is 5.11 Å². The second-order valence-electron chi connectivity index (χ2n) is 4.39. The molecule has 0 aliphatic rings. The monoisotopic (exact) mass is 266 g/mol. The fourth-order valence-corrected chi connectivity index (χ4v) is 2.27. The molecular formula is C10H22N2O4S. The summed E-state index contributed by atoms with van der Waals surface area (Å²) in [7, 11) is -1.94. The van der Waals surface area contributed by atoms with Crippen LogP contribution in [0.3, 0.4) is 0 Å². The Morgan fingerprint density at radius 2 is 1.88 bits per heavy atom. The van der Waals surface area contributed by atoms with Gasteiger partial charge in [-0.15, -0.1) is 0 Å². The Kier molecular flexibility index (Phi) is 6.66. The Balaban J connectivity index is 4.01. The van der Waals surface area contributed by atoms with Crippen molar-refractivity contribution in [3.05, 3.63) is 0 Å². The van der Waals surface area contributed by atoms with Crippen LogP contribution >= 0.6 is 0 Å². The summed E-state index contributed by atoms with van der Waals surface area (Å²) in [5.74, 6) is -1.30. The van der Waals surface area contributed by atoms with Gasteiger partial charge in [-0.25, -0.2) is 4.72 Å². The fourth-order valence-electron chi connectivity index (χ4n) is 1.11. The predicted octanol–water partition coefficient (Wildman–Crippen LogP) is 0.662.